The van der Waals surface area contributed by atoms with Gasteiger partial charge in [0.05, 0.1) is 5.75 Å². The van der Waals surface area contributed by atoms with E-state index in [1.54, 1.807) is 42.6 Å². The second kappa shape index (κ2) is 10.2. The summed E-state index contributed by atoms with van der Waals surface area (Å²) in [7, 11) is 1.57. The van der Waals surface area contributed by atoms with E-state index in [4.69, 9.17) is 0 Å². The predicted molar refractivity (Wildman–Crippen MR) is 116 cm³/mol. The number of hydrogen-bond acceptors (Lipinski definition) is 8. The fourth-order valence-electron chi connectivity index (χ4n) is 2.29. The molecule has 146 valence electrons. The molecule has 0 bridgehead atoms. The van der Waals surface area contributed by atoms with Crippen molar-refractivity contribution in [1.82, 2.24) is 15.5 Å². The highest BCUT2D eigenvalue weighted by Crippen LogP contribution is 2.25. The number of benzene rings is 1. The van der Waals surface area contributed by atoms with E-state index in [0.29, 0.717) is 11.3 Å². The highest BCUT2D eigenvalue weighted by Gasteiger charge is 2.10. The van der Waals surface area contributed by atoms with Crippen LogP contribution in [0.1, 0.15) is 15.2 Å². The van der Waals surface area contributed by atoms with E-state index >= 15 is 0 Å². The molecule has 0 radical (unpaired) electrons. The quantitative estimate of drug-likeness (QED) is 0.448. The van der Waals surface area contributed by atoms with Crippen LogP contribution in [-0.2, 0) is 11.2 Å². The number of carbonyl (C=O) groups excluding carboxylic acids is 2. The molecule has 0 aliphatic rings. The molecule has 0 saturated carbocycles. The van der Waals surface area contributed by atoms with Crippen LogP contribution in [-0.4, -0.2) is 41.4 Å². The molecule has 10 heteroatoms. The summed E-state index contributed by atoms with van der Waals surface area (Å²) in [5, 5.41) is 19.6. The van der Waals surface area contributed by atoms with Crippen molar-refractivity contribution in [3.8, 4) is 0 Å². The number of thiophene rings is 1. The maximum atomic E-state index is 12.2. The van der Waals surface area contributed by atoms with Gasteiger partial charge in [-0.25, -0.2) is 0 Å². The number of rotatable bonds is 9. The van der Waals surface area contributed by atoms with E-state index in [1.807, 2.05) is 6.07 Å². The maximum Gasteiger partial charge on any atom is 0.251 e. The number of aromatic nitrogens is 2. The summed E-state index contributed by atoms with van der Waals surface area (Å²) in [4.78, 5) is 25.1. The van der Waals surface area contributed by atoms with Crippen molar-refractivity contribution < 1.29 is 9.59 Å². The number of hydrogen-bond donors (Lipinski definition) is 3. The number of anilines is 2. The summed E-state index contributed by atoms with van der Waals surface area (Å²) < 4.78 is 0.730. The van der Waals surface area contributed by atoms with Gasteiger partial charge in [0, 0.05) is 29.7 Å². The monoisotopic (exact) mass is 433 g/mol. The average molecular weight is 434 g/mol. The van der Waals surface area contributed by atoms with Gasteiger partial charge in [0.25, 0.3) is 5.91 Å². The van der Waals surface area contributed by atoms with E-state index in [9.17, 15) is 9.59 Å². The average Bonchev–Trinajstić information content (AvgIpc) is 3.38. The Morgan fingerprint density at radius 2 is 2.07 bits per heavy atom. The first kappa shape index (κ1) is 20.3. The van der Waals surface area contributed by atoms with Crippen LogP contribution in [0, 0.1) is 0 Å². The summed E-state index contributed by atoms with van der Waals surface area (Å²) >= 11 is 4.49. The Balaban J connectivity index is 1.43. The van der Waals surface area contributed by atoms with E-state index in [-0.39, 0.29) is 17.6 Å². The minimum absolute atomic E-state index is 0.165. The Labute approximate surface area is 175 Å². The van der Waals surface area contributed by atoms with Crippen molar-refractivity contribution in [1.29, 1.82) is 0 Å². The molecule has 0 saturated heterocycles. The summed E-state index contributed by atoms with van der Waals surface area (Å²) in [6, 6.07) is 11.0. The topological polar surface area (TPSA) is 96.0 Å². The molecular formula is C18H19N5O2S3. The molecule has 0 unspecified atom stereocenters. The third-order valence-corrected chi connectivity index (χ3v) is 6.55. The molecule has 28 heavy (non-hydrogen) atoms. The second-order valence-electron chi connectivity index (χ2n) is 5.63. The molecule has 3 N–H and O–H groups in total. The van der Waals surface area contributed by atoms with Gasteiger partial charge < -0.3 is 16.0 Å². The molecule has 1 aromatic carbocycles. The van der Waals surface area contributed by atoms with Gasteiger partial charge in [0.1, 0.15) is 0 Å². The van der Waals surface area contributed by atoms with Gasteiger partial charge in [0.15, 0.2) is 4.34 Å². The van der Waals surface area contributed by atoms with Crippen LogP contribution < -0.4 is 16.0 Å². The minimum Gasteiger partial charge on any atom is -0.360 e. The third-order valence-electron chi connectivity index (χ3n) is 3.60. The lowest BCUT2D eigenvalue weighted by Crippen LogP contribution is -2.18. The SMILES string of the molecule is CNC(=O)c1cccc(NC(=O)CSc2nnc(NCCc3cccs3)s2)c1. The predicted octanol–water partition coefficient (Wildman–Crippen LogP) is 3.34. The van der Waals surface area contributed by atoms with Gasteiger partial charge >= 0.3 is 0 Å². The van der Waals surface area contributed by atoms with Crippen LogP contribution >= 0.6 is 34.4 Å². The zero-order valence-corrected chi connectivity index (χ0v) is 17.5. The summed E-state index contributed by atoms with van der Waals surface area (Å²) in [6.07, 6.45) is 0.942. The molecule has 2 heterocycles. The van der Waals surface area contributed by atoms with Crippen molar-refractivity contribution in [2.45, 2.75) is 10.8 Å². The largest absolute Gasteiger partial charge is 0.360 e. The van der Waals surface area contributed by atoms with Crippen LogP contribution in [0.4, 0.5) is 10.8 Å². The zero-order valence-electron chi connectivity index (χ0n) is 15.1. The lowest BCUT2D eigenvalue weighted by atomic mass is 10.2. The standard InChI is InChI=1S/C18H19N5O2S3/c1-19-16(25)12-4-2-5-13(10-12)21-15(24)11-27-18-23-22-17(28-18)20-8-7-14-6-3-9-26-14/h2-6,9-10H,7-8,11H2,1H3,(H,19,25)(H,20,22)(H,21,24). The summed E-state index contributed by atoms with van der Waals surface area (Å²) in [6.45, 7) is 0.794. The van der Waals surface area contributed by atoms with Gasteiger partial charge in [0.2, 0.25) is 11.0 Å². The van der Waals surface area contributed by atoms with Crippen molar-refractivity contribution in [3.05, 3.63) is 52.2 Å². The number of nitrogens with zero attached hydrogens (tertiary/aromatic N) is 2. The fraction of sp³-hybridized carbons (Fsp3) is 0.222. The molecule has 0 atom stereocenters. The minimum atomic E-state index is -0.196. The molecule has 3 rings (SSSR count). The van der Waals surface area contributed by atoms with Crippen molar-refractivity contribution >= 4 is 57.1 Å². The molecule has 3 aromatic rings. The van der Waals surface area contributed by atoms with Gasteiger partial charge in [-0.3, -0.25) is 9.59 Å². The van der Waals surface area contributed by atoms with Gasteiger partial charge in [-0.1, -0.05) is 35.2 Å². The third kappa shape index (κ3) is 6.04. The van der Waals surface area contributed by atoms with Gasteiger partial charge in [-0.2, -0.15) is 0 Å². The number of thioether (sulfide) groups is 1. The first-order valence-electron chi connectivity index (χ1n) is 8.48. The molecule has 2 aromatic heterocycles. The number of nitrogens with one attached hydrogen (secondary N) is 3. The summed E-state index contributed by atoms with van der Waals surface area (Å²) in [5.41, 5.74) is 1.08. The number of amides is 2. The molecule has 0 spiro atoms. The smallest absolute Gasteiger partial charge is 0.251 e. The molecule has 2 amide bonds. The lowest BCUT2D eigenvalue weighted by molar-refractivity contribution is -0.113. The van der Waals surface area contributed by atoms with Crippen LogP contribution in [0.2, 0.25) is 0 Å². The highest BCUT2D eigenvalue weighted by atomic mass is 32.2. The normalized spacial score (nSPS) is 10.5. The summed E-state index contributed by atoms with van der Waals surface area (Å²) in [5.74, 6) is -0.145. The Hall–Kier alpha value is -2.43. The highest BCUT2D eigenvalue weighted by molar-refractivity contribution is 8.01. The molecule has 0 fully saturated rings. The zero-order chi connectivity index (χ0) is 19.8. The Morgan fingerprint density at radius 1 is 1.18 bits per heavy atom. The van der Waals surface area contributed by atoms with Crippen LogP contribution in [0.5, 0.6) is 0 Å². The molecule has 0 aliphatic heterocycles. The van der Waals surface area contributed by atoms with Gasteiger partial charge in [-0.05, 0) is 36.1 Å². The first-order valence-corrected chi connectivity index (χ1v) is 11.2. The van der Waals surface area contributed by atoms with Crippen LogP contribution in [0.3, 0.4) is 0 Å². The van der Waals surface area contributed by atoms with Crippen LogP contribution in [0.25, 0.3) is 0 Å². The second-order valence-corrected chi connectivity index (χ2v) is 8.86. The van der Waals surface area contributed by atoms with E-state index < -0.39 is 0 Å². The Kier molecular flexibility index (Phi) is 7.40. The molecular weight excluding hydrogens is 414 g/mol. The van der Waals surface area contributed by atoms with E-state index in [1.165, 1.54) is 28.0 Å². The fourth-order valence-corrected chi connectivity index (χ4v) is 4.58. The molecule has 7 nitrogen and oxygen atoms in total. The van der Waals surface area contributed by atoms with E-state index in [2.05, 4.69) is 37.6 Å². The Morgan fingerprint density at radius 3 is 2.86 bits per heavy atom. The van der Waals surface area contributed by atoms with Crippen LogP contribution in [0.15, 0.2) is 46.1 Å². The maximum absolute atomic E-state index is 12.2. The van der Waals surface area contributed by atoms with Gasteiger partial charge in [-0.15, -0.1) is 21.5 Å². The first-order chi connectivity index (χ1) is 13.6. The molecule has 0 aliphatic carbocycles. The van der Waals surface area contributed by atoms with Crippen molar-refractivity contribution in [3.63, 3.8) is 0 Å². The van der Waals surface area contributed by atoms with Crippen molar-refractivity contribution in [2.24, 2.45) is 0 Å². The van der Waals surface area contributed by atoms with Crippen molar-refractivity contribution in [2.75, 3.05) is 30.0 Å². The van der Waals surface area contributed by atoms with E-state index in [0.717, 1.165) is 22.4 Å². The number of carbonyl (C=O) groups is 2. The lowest BCUT2D eigenvalue weighted by Gasteiger charge is -2.06. The Bertz CT molecular complexity index is 927.